The molecule has 0 aliphatic rings. The van der Waals surface area contributed by atoms with Crippen molar-refractivity contribution >= 4 is 11.8 Å². The van der Waals surface area contributed by atoms with Gasteiger partial charge in [0.1, 0.15) is 0 Å². The van der Waals surface area contributed by atoms with Crippen molar-refractivity contribution < 1.29 is 9.59 Å². The molecule has 5 nitrogen and oxygen atoms in total. The third-order valence-electron chi connectivity index (χ3n) is 2.71. The van der Waals surface area contributed by atoms with Gasteiger partial charge in [0.2, 0.25) is 11.8 Å². The molecule has 0 saturated carbocycles. The molecule has 1 unspecified atom stereocenters. The van der Waals surface area contributed by atoms with Crippen molar-refractivity contribution in [2.45, 2.75) is 52.5 Å². The molecule has 0 aromatic heterocycles. The standard InChI is InChI=1S/C13H27N3O2/c1-9(2)5-10(8-14)6-12(18)16-13(3,4)7-11(15)17/h9-10H,5-8,14H2,1-4H3,(H2,15,17)(H,16,18). The molecule has 0 heterocycles. The quantitative estimate of drug-likeness (QED) is 0.599. The van der Waals surface area contributed by atoms with Crippen LogP contribution in [0.5, 0.6) is 0 Å². The highest BCUT2D eigenvalue weighted by Gasteiger charge is 2.24. The van der Waals surface area contributed by atoms with Gasteiger partial charge in [0.05, 0.1) is 0 Å². The number of hydrogen-bond donors (Lipinski definition) is 3. The number of nitrogens with two attached hydrogens (primary N) is 2. The second-order valence-corrected chi connectivity index (χ2v) is 6.01. The molecule has 0 saturated heterocycles. The second-order valence-electron chi connectivity index (χ2n) is 6.01. The summed E-state index contributed by atoms with van der Waals surface area (Å²) in [5.41, 5.74) is 10.2. The number of primary amides is 1. The maximum Gasteiger partial charge on any atom is 0.220 e. The van der Waals surface area contributed by atoms with E-state index in [9.17, 15) is 9.59 Å². The Labute approximate surface area is 110 Å². The monoisotopic (exact) mass is 257 g/mol. The lowest BCUT2D eigenvalue weighted by Gasteiger charge is -2.26. The van der Waals surface area contributed by atoms with E-state index in [0.717, 1.165) is 6.42 Å². The normalized spacial score (nSPS) is 13.4. The van der Waals surface area contributed by atoms with Gasteiger partial charge in [-0.3, -0.25) is 9.59 Å². The van der Waals surface area contributed by atoms with Gasteiger partial charge in [0.25, 0.3) is 0 Å². The minimum Gasteiger partial charge on any atom is -0.370 e. The number of carbonyl (C=O) groups excluding carboxylic acids is 2. The number of carbonyl (C=O) groups is 2. The molecule has 0 aromatic rings. The van der Waals surface area contributed by atoms with Gasteiger partial charge >= 0.3 is 0 Å². The molecule has 106 valence electrons. The van der Waals surface area contributed by atoms with Crippen molar-refractivity contribution in [3.63, 3.8) is 0 Å². The van der Waals surface area contributed by atoms with E-state index in [4.69, 9.17) is 11.5 Å². The summed E-state index contributed by atoms with van der Waals surface area (Å²) in [6.45, 7) is 8.29. The summed E-state index contributed by atoms with van der Waals surface area (Å²) in [7, 11) is 0. The maximum absolute atomic E-state index is 11.9. The molecule has 0 spiro atoms. The summed E-state index contributed by atoms with van der Waals surface area (Å²) in [6.07, 6.45) is 1.47. The van der Waals surface area contributed by atoms with Gasteiger partial charge in [0.15, 0.2) is 0 Å². The van der Waals surface area contributed by atoms with E-state index in [1.165, 1.54) is 0 Å². The van der Waals surface area contributed by atoms with Crippen LogP contribution in [0.25, 0.3) is 0 Å². The van der Waals surface area contributed by atoms with E-state index in [1.807, 2.05) is 0 Å². The van der Waals surface area contributed by atoms with Crippen LogP contribution in [0.15, 0.2) is 0 Å². The van der Waals surface area contributed by atoms with Crippen molar-refractivity contribution in [3.8, 4) is 0 Å². The largest absolute Gasteiger partial charge is 0.370 e. The Balaban J connectivity index is 4.27. The summed E-state index contributed by atoms with van der Waals surface area (Å²) < 4.78 is 0. The van der Waals surface area contributed by atoms with Gasteiger partial charge < -0.3 is 16.8 Å². The zero-order valence-corrected chi connectivity index (χ0v) is 12.0. The van der Waals surface area contributed by atoms with E-state index in [-0.39, 0.29) is 18.2 Å². The maximum atomic E-state index is 11.9. The molecule has 0 rings (SSSR count). The molecule has 2 amide bonds. The van der Waals surface area contributed by atoms with Crippen molar-refractivity contribution in [3.05, 3.63) is 0 Å². The molecule has 0 fully saturated rings. The summed E-state index contributed by atoms with van der Waals surface area (Å²) >= 11 is 0. The average Bonchev–Trinajstić information content (AvgIpc) is 2.12. The lowest BCUT2D eigenvalue weighted by atomic mass is 9.93. The highest BCUT2D eigenvalue weighted by Crippen LogP contribution is 2.15. The third-order valence-corrected chi connectivity index (χ3v) is 2.71. The Morgan fingerprint density at radius 2 is 1.83 bits per heavy atom. The van der Waals surface area contributed by atoms with Gasteiger partial charge in [-0.1, -0.05) is 13.8 Å². The first kappa shape index (κ1) is 16.9. The number of hydrogen-bond acceptors (Lipinski definition) is 3. The van der Waals surface area contributed by atoms with E-state index in [1.54, 1.807) is 13.8 Å². The predicted molar refractivity (Wildman–Crippen MR) is 72.6 cm³/mol. The first-order valence-corrected chi connectivity index (χ1v) is 6.45. The Kier molecular flexibility index (Phi) is 6.91. The van der Waals surface area contributed by atoms with Crippen molar-refractivity contribution in [1.82, 2.24) is 5.32 Å². The fourth-order valence-electron chi connectivity index (χ4n) is 2.10. The van der Waals surface area contributed by atoms with Crippen LogP contribution in [0.2, 0.25) is 0 Å². The van der Waals surface area contributed by atoms with Crippen LogP contribution in [0, 0.1) is 11.8 Å². The van der Waals surface area contributed by atoms with Gasteiger partial charge in [-0.25, -0.2) is 0 Å². The second kappa shape index (κ2) is 7.36. The van der Waals surface area contributed by atoms with Gasteiger partial charge in [0, 0.05) is 18.4 Å². The molecule has 1 atom stereocenters. The molecule has 18 heavy (non-hydrogen) atoms. The molecule has 0 radical (unpaired) electrons. The lowest BCUT2D eigenvalue weighted by molar-refractivity contribution is -0.124. The predicted octanol–water partition coefficient (Wildman–Crippen LogP) is 0.768. The van der Waals surface area contributed by atoms with Crippen LogP contribution in [0.4, 0.5) is 0 Å². The SMILES string of the molecule is CC(C)CC(CN)CC(=O)NC(C)(C)CC(N)=O. The van der Waals surface area contributed by atoms with Crippen molar-refractivity contribution in [1.29, 1.82) is 0 Å². The van der Waals surface area contributed by atoms with Crippen LogP contribution < -0.4 is 16.8 Å². The van der Waals surface area contributed by atoms with Crippen LogP contribution in [-0.4, -0.2) is 23.9 Å². The molecule has 5 heteroatoms. The van der Waals surface area contributed by atoms with Crippen molar-refractivity contribution in [2.24, 2.45) is 23.3 Å². The van der Waals surface area contributed by atoms with E-state index in [2.05, 4.69) is 19.2 Å². The Bertz CT molecular complexity index is 288. The minimum absolute atomic E-state index is 0.0719. The van der Waals surface area contributed by atoms with Crippen LogP contribution in [-0.2, 0) is 9.59 Å². The fraction of sp³-hybridized carbons (Fsp3) is 0.846. The Hall–Kier alpha value is -1.10. The Morgan fingerprint density at radius 3 is 2.22 bits per heavy atom. The first-order valence-electron chi connectivity index (χ1n) is 6.45. The molecule has 0 aromatic carbocycles. The molecule has 5 N–H and O–H groups in total. The summed E-state index contributed by atoms with van der Waals surface area (Å²) in [6, 6.07) is 0. The number of nitrogens with one attached hydrogen (secondary N) is 1. The molecule has 0 aliphatic carbocycles. The van der Waals surface area contributed by atoms with E-state index < -0.39 is 11.4 Å². The number of rotatable bonds is 8. The topological polar surface area (TPSA) is 98.2 Å². The van der Waals surface area contributed by atoms with Gasteiger partial charge in [-0.05, 0) is 38.6 Å². The lowest BCUT2D eigenvalue weighted by Crippen LogP contribution is -2.46. The zero-order chi connectivity index (χ0) is 14.3. The smallest absolute Gasteiger partial charge is 0.220 e. The summed E-state index contributed by atoms with van der Waals surface area (Å²) in [4.78, 5) is 22.7. The highest BCUT2D eigenvalue weighted by molar-refractivity contribution is 5.79. The first-order chi connectivity index (χ1) is 8.16. The summed E-state index contributed by atoms with van der Waals surface area (Å²) in [5.74, 6) is 0.217. The Morgan fingerprint density at radius 1 is 1.28 bits per heavy atom. The van der Waals surface area contributed by atoms with Crippen LogP contribution in [0.3, 0.4) is 0 Å². The fourth-order valence-corrected chi connectivity index (χ4v) is 2.10. The van der Waals surface area contributed by atoms with E-state index >= 15 is 0 Å². The van der Waals surface area contributed by atoms with Crippen LogP contribution >= 0.6 is 0 Å². The molecule has 0 aliphatic heterocycles. The number of amides is 2. The zero-order valence-electron chi connectivity index (χ0n) is 12.0. The summed E-state index contributed by atoms with van der Waals surface area (Å²) in [5, 5.41) is 2.83. The highest BCUT2D eigenvalue weighted by atomic mass is 16.2. The molecular weight excluding hydrogens is 230 g/mol. The van der Waals surface area contributed by atoms with E-state index in [0.29, 0.717) is 18.9 Å². The van der Waals surface area contributed by atoms with Gasteiger partial charge in [-0.15, -0.1) is 0 Å². The van der Waals surface area contributed by atoms with Crippen molar-refractivity contribution in [2.75, 3.05) is 6.54 Å². The van der Waals surface area contributed by atoms with Gasteiger partial charge in [-0.2, -0.15) is 0 Å². The third kappa shape index (κ3) is 8.06. The minimum atomic E-state index is -0.597. The average molecular weight is 257 g/mol. The van der Waals surface area contributed by atoms with Crippen LogP contribution in [0.1, 0.15) is 47.0 Å². The molecular formula is C13H27N3O2. The molecule has 0 bridgehead atoms.